The molecule has 1 atom stereocenters. The first kappa shape index (κ1) is 13.1. The summed E-state index contributed by atoms with van der Waals surface area (Å²) in [5, 5.41) is 3.29. The van der Waals surface area contributed by atoms with E-state index >= 15 is 0 Å². The molecule has 1 aliphatic rings. The second-order valence-corrected chi connectivity index (χ2v) is 5.07. The van der Waals surface area contributed by atoms with E-state index in [-0.39, 0.29) is 0 Å². The first-order chi connectivity index (χ1) is 8.69. The van der Waals surface area contributed by atoms with Crippen molar-refractivity contribution in [1.82, 2.24) is 14.9 Å². The Morgan fingerprint density at radius 1 is 1.44 bits per heavy atom. The number of anilines is 1. The molecule has 1 aromatic rings. The van der Waals surface area contributed by atoms with Gasteiger partial charge in [0.25, 0.3) is 0 Å². The molecule has 5 heteroatoms. The van der Waals surface area contributed by atoms with Gasteiger partial charge in [0, 0.05) is 19.1 Å². The molecule has 1 unspecified atom stereocenters. The van der Waals surface area contributed by atoms with E-state index in [2.05, 4.69) is 34.0 Å². The van der Waals surface area contributed by atoms with Crippen molar-refractivity contribution in [1.29, 1.82) is 0 Å². The molecule has 2 heterocycles. The van der Waals surface area contributed by atoms with Crippen molar-refractivity contribution < 1.29 is 4.74 Å². The summed E-state index contributed by atoms with van der Waals surface area (Å²) in [7, 11) is 1.62. The van der Waals surface area contributed by atoms with Crippen LogP contribution in [0.5, 0.6) is 5.75 Å². The van der Waals surface area contributed by atoms with E-state index < -0.39 is 0 Å². The number of rotatable bonds is 5. The van der Waals surface area contributed by atoms with Crippen LogP contribution in [0.15, 0.2) is 12.4 Å². The van der Waals surface area contributed by atoms with Crippen LogP contribution in [0.1, 0.15) is 20.3 Å². The summed E-state index contributed by atoms with van der Waals surface area (Å²) in [4.78, 5) is 10.9. The molecule has 2 rings (SSSR count). The minimum absolute atomic E-state index is 0.646. The fourth-order valence-electron chi connectivity index (χ4n) is 2.25. The van der Waals surface area contributed by atoms with E-state index in [1.54, 1.807) is 19.5 Å². The van der Waals surface area contributed by atoms with Gasteiger partial charge in [0.05, 0.1) is 19.5 Å². The zero-order valence-electron chi connectivity index (χ0n) is 11.4. The number of likely N-dealkylation sites (tertiary alicyclic amines) is 1. The van der Waals surface area contributed by atoms with Gasteiger partial charge in [-0.1, -0.05) is 0 Å². The van der Waals surface area contributed by atoms with E-state index in [4.69, 9.17) is 4.74 Å². The topological polar surface area (TPSA) is 50.3 Å². The highest BCUT2D eigenvalue weighted by molar-refractivity contribution is 5.27. The van der Waals surface area contributed by atoms with Crippen LogP contribution in [0.25, 0.3) is 0 Å². The first-order valence-corrected chi connectivity index (χ1v) is 6.53. The molecule has 1 saturated heterocycles. The monoisotopic (exact) mass is 250 g/mol. The van der Waals surface area contributed by atoms with E-state index in [9.17, 15) is 0 Å². The summed E-state index contributed by atoms with van der Waals surface area (Å²) in [5.41, 5.74) is 0. The maximum absolute atomic E-state index is 5.03. The molecule has 5 nitrogen and oxygen atoms in total. The molecule has 0 amide bonds. The fraction of sp³-hybridized carbons (Fsp3) is 0.692. The average Bonchev–Trinajstić information content (AvgIpc) is 2.86. The Kier molecular flexibility index (Phi) is 4.36. The third-order valence-electron chi connectivity index (χ3n) is 3.46. The van der Waals surface area contributed by atoms with Gasteiger partial charge in [0.15, 0.2) is 5.75 Å². The van der Waals surface area contributed by atoms with Crippen molar-refractivity contribution in [3.63, 3.8) is 0 Å². The van der Waals surface area contributed by atoms with Crippen LogP contribution in [0.3, 0.4) is 0 Å². The molecular formula is C13H22N4O. The van der Waals surface area contributed by atoms with Crippen molar-refractivity contribution in [3.8, 4) is 5.75 Å². The Bertz CT molecular complexity index is 366. The summed E-state index contributed by atoms with van der Waals surface area (Å²) in [6.07, 6.45) is 4.62. The van der Waals surface area contributed by atoms with E-state index in [0.717, 1.165) is 6.54 Å². The average molecular weight is 250 g/mol. The van der Waals surface area contributed by atoms with Crippen LogP contribution in [0.2, 0.25) is 0 Å². The predicted molar refractivity (Wildman–Crippen MR) is 71.9 cm³/mol. The Morgan fingerprint density at radius 2 is 2.17 bits per heavy atom. The Morgan fingerprint density at radius 3 is 2.72 bits per heavy atom. The van der Waals surface area contributed by atoms with Crippen molar-refractivity contribution >= 4 is 5.95 Å². The van der Waals surface area contributed by atoms with Crippen molar-refractivity contribution in [2.75, 3.05) is 32.1 Å². The van der Waals surface area contributed by atoms with Crippen molar-refractivity contribution in [2.45, 2.75) is 26.3 Å². The highest BCUT2D eigenvalue weighted by atomic mass is 16.5. The van der Waals surface area contributed by atoms with Gasteiger partial charge in [-0.3, -0.25) is 0 Å². The lowest BCUT2D eigenvalue weighted by Gasteiger charge is -2.20. The smallest absolute Gasteiger partial charge is 0.222 e. The van der Waals surface area contributed by atoms with Crippen LogP contribution in [-0.2, 0) is 0 Å². The zero-order valence-corrected chi connectivity index (χ0v) is 11.4. The van der Waals surface area contributed by atoms with Crippen molar-refractivity contribution in [2.24, 2.45) is 5.92 Å². The van der Waals surface area contributed by atoms with Crippen LogP contribution >= 0.6 is 0 Å². The number of methoxy groups -OCH3 is 1. The van der Waals surface area contributed by atoms with Gasteiger partial charge < -0.3 is 15.0 Å². The molecule has 1 fully saturated rings. The van der Waals surface area contributed by atoms with Gasteiger partial charge in [0.2, 0.25) is 5.95 Å². The number of nitrogens with one attached hydrogen (secondary N) is 1. The predicted octanol–water partition coefficient (Wildman–Crippen LogP) is 1.63. The standard InChI is InChI=1S/C13H22N4O/c1-10(2)17-5-4-11(9-17)6-14-13-15-7-12(18-3)8-16-13/h7-8,10-11H,4-6,9H2,1-3H3,(H,14,15,16). The number of hydrogen-bond donors (Lipinski definition) is 1. The number of aromatic nitrogens is 2. The van der Waals surface area contributed by atoms with Crippen molar-refractivity contribution in [3.05, 3.63) is 12.4 Å². The Hall–Kier alpha value is -1.36. The normalized spacial score (nSPS) is 20.3. The van der Waals surface area contributed by atoms with Crippen LogP contribution < -0.4 is 10.1 Å². The lowest BCUT2D eigenvalue weighted by Crippen LogP contribution is -2.29. The molecule has 0 spiro atoms. The summed E-state index contributed by atoms with van der Waals surface area (Å²) in [5.74, 6) is 2.06. The molecule has 18 heavy (non-hydrogen) atoms. The number of nitrogens with zero attached hydrogens (tertiary/aromatic N) is 3. The quantitative estimate of drug-likeness (QED) is 0.860. The second kappa shape index (κ2) is 6.00. The number of ether oxygens (including phenoxy) is 1. The van der Waals surface area contributed by atoms with E-state index in [1.165, 1.54) is 19.5 Å². The van der Waals surface area contributed by atoms with Gasteiger partial charge in [-0.25, -0.2) is 9.97 Å². The van der Waals surface area contributed by atoms with E-state index in [0.29, 0.717) is 23.7 Å². The summed E-state index contributed by atoms with van der Waals surface area (Å²) < 4.78 is 5.03. The molecule has 0 radical (unpaired) electrons. The fourth-order valence-corrected chi connectivity index (χ4v) is 2.25. The maximum Gasteiger partial charge on any atom is 0.222 e. The zero-order chi connectivity index (χ0) is 13.0. The summed E-state index contributed by atoms with van der Waals surface area (Å²) >= 11 is 0. The molecule has 0 aliphatic carbocycles. The summed E-state index contributed by atoms with van der Waals surface area (Å²) in [6.45, 7) is 7.81. The SMILES string of the molecule is COc1cnc(NCC2CCN(C(C)C)C2)nc1. The second-order valence-electron chi connectivity index (χ2n) is 5.07. The largest absolute Gasteiger partial charge is 0.494 e. The van der Waals surface area contributed by atoms with Gasteiger partial charge in [0.1, 0.15) is 0 Å². The first-order valence-electron chi connectivity index (χ1n) is 6.53. The van der Waals surface area contributed by atoms with Gasteiger partial charge in [-0.15, -0.1) is 0 Å². The van der Waals surface area contributed by atoms with E-state index in [1.807, 2.05) is 0 Å². The van der Waals surface area contributed by atoms with Crippen LogP contribution in [-0.4, -0.2) is 47.7 Å². The minimum Gasteiger partial charge on any atom is -0.494 e. The molecule has 1 aliphatic heterocycles. The van der Waals surface area contributed by atoms with Crippen LogP contribution in [0.4, 0.5) is 5.95 Å². The lowest BCUT2D eigenvalue weighted by molar-refractivity contribution is 0.266. The summed E-state index contributed by atoms with van der Waals surface area (Å²) in [6, 6.07) is 0.646. The molecule has 100 valence electrons. The highest BCUT2D eigenvalue weighted by Crippen LogP contribution is 2.18. The molecule has 0 bridgehead atoms. The lowest BCUT2D eigenvalue weighted by atomic mass is 10.1. The van der Waals surface area contributed by atoms with Gasteiger partial charge in [-0.05, 0) is 32.7 Å². The molecular weight excluding hydrogens is 228 g/mol. The van der Waals surface area contributed by atoms with Crippen LogP contribution in [0, 0.1) is 5.92 Å². The molecule has 1 aromatic heterocycles. The third-order valence-corrected chi connectivity index (χ3v) is 3.46. The van der Waals surface area contributed by atoms with Gasteiger partial charge in [-0.2, -0.15) is 0 Å². The Balaban J connectivity index is 1.78. The highest BCUT2D eigenvalue weighted by Gasteiger charge is 2.23. The maximum atomic E-state index is 5.03. The third kappa shape index (κ3) is 3.32. The molecule has 0 saturated carbocycles. The minimum atomic E-state index is 0.646. The van der Waals surface area contributed by atoms with Gasteiger partial charge >= 0.3 is 0 Å². The Labute approximate surface area is 109 Å². The number of hydrogen-bond acceptors (Lipinski definition) is 5. The molecule has 0 aromatic carbocycles. The molecule has 1 N–H and O–H groups in total.